The van der Waals surface area contributed by atoms with Crippen molar-refractivity contribution >= 4 is 38.9 Å². The fourth-order valence-corrected chi connectivity index (χ4v) is 5.27. The van der Waals surface area contributed by atoms with Gasteiger partial charge in [-0.05, 0) is 73.9 Å². The van der Waals surface area contributed by atoms with Crippen molar-refractivity contribution < 1.29 is 17.9 Å². The van der Waals surface area contributed by atoms with Crippen molar-refractivity contribution in [3.05, 3.63) is 54.1 Å². The first-order valence-electron chi connectivity index (χ1n) is 11.4. The highest BCUT2D eigenvalue weighted by Crippen LogP contribution is 2.22. The molecule has 2 aromatic rings. The molecule has 0 unspecified atom stereocenters. The lowest BCUT2D eigenvalue weighted by Crippen LogP contribution is -2.34. The minimum atomic E-state index is -3.51. The van der Waals surface area contributed by atoms with Crippen molar-refractivity contribution in [1.29, 1.82) is 0 Å². The van der Waals surface area contributed by atoms with Crippen molar-refractivity contribution in [2.45, 2.75) is 50.3 Å². The Labute approximate surface area is 201 Å². The van der Waals surface area contributed by atoms with Crippen molar-refractivity contribution in [2.24, 2.45) is 0 Å². The minimum Gasteiger partial charge on any atom is -0.494 e. The molecule has 178 valence electrons. The fraction of sp³-hybridized carbons (Fsp3) is 0.417. The minimum absolute atomic E-state index is 0.125. The smallest absolute Gasteiger partial charge is 0.257 e. The third-order valence-corrected chi connectivity index (χ3v) is 7.52. The molecule has 3 rings (SSSR count). The van der Waals surface area contributed by atoms with Crippen molar-refractivity contribution in [3.8, 4) is 5.75 Å². The van der Waals surface area contributed by atoms with Gasteiger partial charge in [-0.2, -0.15) is 4.31 Å². The highest BCUT2D eigenvalue weighted by Gasteiger charge is 2.25. The Bertz CT molecular complexity index is 1050. The number of amides is 1. The fourth-order valence-electron chi connectivity index (χ4n) is 3.54. The number of nitrogens with one attached hydrogen (secondary N) is 2. The number of thiocarbonyl (C=S) groups is 1. The molecule has 2 N–H and O–H groups in total. The van der Waals surface area contributed by atoms with E-state index in [1.807, 2.05) is 6.07 Å². The largest absolute Gasteiger partial charge is 0.494 e. The highest BCUT2D eigenvalue weighted by atomic mass is 32.2. The maximum Gasteiger partial charge on any atom is 0.257 e. The number of benzene rings is 2. The van der Waals surface area contributed by atoms with E-state index >= 15 is 0 Å². The van der Waals surface area contributed by atoms with Gasteiger partial charge in [-0.25, -0.2) is 8.42 Å². The SMILES string of the molecule is CCCCOc1cccc(C(=O)NC(=S)Nc2ccc(S(=O)(=O)N3CCCCCC3)cc2)c1. The molecule has 0 atom stereocenters. The van der Waals surface area contributed by atoms with Gasteiger partial charge < -0.3 is 10.1 Å². The summed E-state index contributed by atoms with van der Waals surface area (Å²) in [7, 11) is -3.51. The van der Waals surface area contributed by atoms with Crippen molar-refractivity contribution in [2.75, 3.05) is 25.0 Å². The predicted octanol–water partition coefficient (Wildman–Crippen LogP) is 4.56. The van der Waals surface area contributed by atoms with Gasteiger partial charge in [-0.3, -0.25) is 10.1 Å². The predicted molar refractivity (Wildman–Crippen MR) is 134 cm³/mol. The molecule has 0 saturated carbocycles. The van der Waals surface area contributed by atoms with E-state index in [-0.39, 0.29) is 15.9 Å². The second kappa shape index (κ2) is 12.1. The molecule has 0 aliphatic carbocycles. The van der Waals surface area contributed by atoms with E-state index in [1.54, 1.807) is 46.8 Å². The number of sulfonamides is 1. The summed E-state index contributed by atoms with van der Waals surface area (Å²) in [5.41, 5.74) is 1.03. The summed E-state index contributed by atoms with van der Waals surface area (Å²) >= 11 is 5.25. The van der Waals surface area contributed by atoms with E-state index < -0.39 is 10.0 Å². The summed E-state index contributed by atoms with van der Waals surface area (Å²) in [6, 6.07) is 13.3. The molecule has 7 nitrogen and oxygen atoms in total. The first-order valence-corrected chi connectivity index (χ1v) is 13.2. The molecule has 2 aromatic carbocycles. The molecular weight excluding hydrogens is 458 g/mol. The van der Waals surface area contributed by atoms with Crippen LogP contribution >= 0.6 is 12.2 Å². The summed E-state index contributed by atoms with van der Waals surface area (Å²) in [5.74, 6) is 0.282. The van der Waals surface area contributed by atoms with Gasteiger partial charge in [0.25, 0.3) is 5.91 Å². The maximum atomic E-state index is 12.9. The van der Waals surface area contributed by atoms with Crippen LogP contribution in [0.25, 0.3) is 0 Å². The molecule has 1 fully saturated rings. The van der Waals surface area contributed by atoms with Gasteiger partial charge in [-0.1, -0.05) is 32.3 Å². The monoisotopic (exact) mass is 489 g/mol. The number of anilines is 1. The third kappa shape index (κ3) is 7.25. The van der Waals surface area contributed by atoms with Crippen LogP contribution in [0, 0.1) is 0 Å². The van der Waals surface area contributed by atoms with Crippen LogP contribution in [-0.4, -0.2) is 43.4 Å². The number of rotatable bonds is 8. The zero-order chi connectivity index (χ0) is 23.7. The van der Waals surface area contributed by atoms with Crippen LogP contribution in [0.3, 0.4) is 0 Å². The van der Waals surface area contributed by atoms with Gasteiger partial charge >= 0.3 is 0 Å². The molecule has 1 aliphatic heterocycles. The first kappa shape index (κ1) is 25.1. The molecule has 1 heterocycles. The number of unbranched alkanes of at least 4 members (excludes halogenated alkanes) is 1. The van der Waals surface area contributed by atoms with Crippen LogP contribution in [0.2, 0.25) is 0 Å². The van der Waals surface area contributed by atoms with Crippen LogP contribution in [0.15, 0.2) is 53.4 Å². The summed E-state index contributed by atoms with van der Waals surface area (Å²) in [6.45, 7) is 3.81. The molecule has 0 radical (unpaired) electrons. The van der Waals surface area contributed by atoms with E-state index in [9.17, 15) is 13.2 Å². The molecule has 1 aliphatic rings. The zero-order valence-corrected chi connectivity index (χ0v) is 20.5. The topological polar surface area (TPSA) is 87.7 Å². The van der Waals surface area contributed by atoms with Crippen LogP contribution in [0.1, 0.15) is 55.8 Å². The Kier molecular flexibility index (Phi) is 9.22. The summed E-state index contributed by atoms with van der Waals surface area (Å²) < 4.78 is 33.0. The van der Waals surface area contributed by atoms with Gasteiger partial charge in [-0.15, -0.1) is 0 Å². The van der Waals surface area contributed by atoms with Crippen LogP contribution < -0.4 is 15.4 Å². The van der Waals surface area contributed by atoms with E-state index in [1.165, 1.54) is 0 Å². The summed E-state index contributed by atoms with van der Waals surface area (Å²) in [6.07, 6.45) is 5.89. The molecule has 0 spiro atoms. The number of hydrogen-bond donors (Lipinski definition) is 2. The maximum absolute atomic E-state index is 12.9. The quantitative estimate of drug-likeness (QED) is 0.418. The van der Waals surface area contributed by atoms with Gasteiger partial charge in [0, 0.05) is 24.3 Å². The molecule has 9 heteroatoms. The normalized spacial score (nSPS) is 14.8. The molecule has 0 aromatic heterocycles. The molecule has 33 heavy (non-hydrogen) atoms. The van der Waals surface area contributed by atoms with Gasteiger partial charge in [0.1, 0.15) is 5.75 Å². The Morgan fingerprint density at radius 1 is 1.06 bits per heavy atom. The van der Waals surface area contributed by atoms with Crippen LogP contribution in [-0.2, 0) is 10.0 Å². The molecular formula is C24H31N3O4S2. The molecule has 1 saturated heterocycles. The van der Waals surface area contributed by atoms with E-state index in [2.05, 4.69) is 17.6 Å². The number of hydrogen-bond acceptors (Lipinski definition) is 5. The van der Waals surface area contributed by atoms with Crippen molar-refractivity contribution in [3.63, 3.8) is 0 Å². The summed E-state index contributed by atoms with van der Waals surface area (Å²) in [5, 5.41) is 5.69. The second-order valence-corrected chi connectivity index (χ2v) is 10.3. The lowest BCUT2D eigenvalue weighted by molar-refractivity contribution is 0.0977. The third-order valence-electron chi connectivity index (χ3n) is 5.40. The Hall–Kier alpha value is -2.49. The van der Waals surface area contributed by atoms with E-state index in [0.717, 1.165) is 38.5 Å². The first-order chi connectivity index (χ1) is 15.9. The number of carbonyl (C=O) groups is 1. The zero-order valence-electron chi connectivity index (χ0n) is 18.9. The Balaban J connectivity index is 1.57. The lowest BCUT2D eigenvalue weighted by atomic mass is 10.2. The number of ether oxygens (including phenoxy) is 1. The molecule has 0 bridgehead atoms. The average Bonchev–Trinajstić information content (AvgIpc) is 3.10. The van der Waals surface area contributed by atoms with Crippen LogP contribution in [0.5, 0.6) is 5.75 Å². The summed E-state index contributed by atoms with van der Waals surface area (Å²) in [4.78, 5) is 12.8. The van der Waals surface area contributed by atoms with E-state index in [0.29, 0.717) is 36.7 Å². The Morgan fingerprint density at radius 2 is 1.76 bits per heavy atom. The van der Waals surface area contributed by atoms with Gasteiger partial charge in [0.15, 0.2) is 5.11 Å². The van der Waals surface area contributed by atoms with E-state index in [4.69, 9.17) is 17.0 Å². The average molecular weight is 490 g/mol. The number of nitrogens with zero attached hydrogens (tertiary/aromatic N) is 1. The molecule has 1 amide bonds. The number of carbonyl (C=O) groups excluding carboxylic acids is 1. The van der Waals surface area contributed by atoms with Gasteiger partial charge in [0.2, 0.25) is 10.0 Å². The van der Waals surface area contributed by atoms with Gasteiger partial charge in [0.05, 0.1) is 11.5 Å². The lowest BCUT2D eigenvalue weighted by Gasteiger charge is -2.20. The second-order valence-electron chi connectivity index (χ2n) is 7.98. The van der Waals surface area contributed by atoms with Crippen LogP contribution in [0.4, 0.5) is 5.69 Å². The standard InChI is InChI=1S/C24H31N3O4S2/c1-2-3-17-31-21-10-8-9-19(18-21)23(28)26-24(32)25-20-11-13-22(14-12-20)33(29,30)27-15-6-4-5-7-16-27/h8-14,18H,2-7,15-17H2,1H3,(H2,25,26,28,32). The highest BCUT2D eigenvalue weighted by molar-refractivity contribution is 7.89. The Morgan fingerprint density at radius 3 is 2.42 bits per heavy atom. The van der Waals surface area contributed by atoms with Crippen molar-refractivity contribution in [1.82, 2.24) is 9.62 Å².